The van der Waals surface area contributed by atoms with Crippen LogP contribution >= 0.6 is 0 Å². The second-order valence-corrected chi connectivity index (χ2v) is 2.38. The zero-order valence-corrected chi connectivity index (χ0v) is 5.58. The minimum Gasteiger partial charge on any atom is -0.219 e. The van der Waals surface area contributed by atoms with Crippen molar-refractivity contribution in [2.75, 3.05) is 6.86 Å². The van der Waals surface area contributed by atoms with Crippen LogP contribution in [0.15, 0.2) is 0 Å². The van der Waals surface area contributed by atoms with E-state index in [-0.39, 0.29) is 0 Å². The van der Waals surface area contributed by atoms with Crippen LogP contribution < -0.4 is 0 Å². The van der Waals surface area contributed by atoms with E-state index in [1.807, 2.05) is 0 Å². The predicted octanol–water partition coefficient (Wildman–Crippen LogP) is 0.711. The van der Waals surface area contributed by atoms with Gasteiger partial charge in [-0.3, -0.25) is 0 Å². The lowest BCUT2D eigenvalue weighted by atomic mass is 11.4. The third kappa shape index (κ3) is 6.01. The van der Waals surface area contributed by atoms with Crippen molar-refractivity contribution >= 4 is 10.4 Å². The number of hydrogen-bond donors (Lipinski definition) is 0. The van der Waals surface area contributed by atoms with Crippen LogP contribution in [0.1, 0.15) is 0 Å². The molecule has 68 valence electrons. The minimum atomic E-state index is -5.39. The van der Waals surface area contributed by atoms with Crippen LogP contribution in [-0.2, 0) is 18.8 Å². The summed E-state index contributed by atoms with van der Waals surface area (Å²) in [5, 5.41) is 0. The maximum atomic E-state index is 11.1. The first-order valence-electron chi connectivity index (χ1n) is 1.99. The summed E-state index contributed by atoms with van der Waals surface area (Å²) in [7, 11) is -5.29. The van der Waals surface area contributed by atoms with Gasteiger partial charge in [-0.1, -0.05) is 0 Å². The highest BCUT2D eigenvalue weighted by molar-refractivity contribution is 7.81. The summed E-state index contributed by atoms with van der Waals surface area (Å²) < 4.78 is 69.3. The van der Waals surface area contributed by atoms with E-state index in [2.05, 4.69) is 8.37 Å². The number of hydrogen-bond acceptors (Lipinski definition) is 4. The lowest BCUT2D eigenvalue weighted by Crippen LogP contribution is -2.21. The van der Waals surface area contributed by atoms with Crippen molar-refractivity contribution in [2.24, 2.45) is 0 Å². The van der Waals surface area contributed by atoms with Crippen LogP contribution in [0.25, 0.3) is 0 Å². The van der Waals surface area contributed by atoms with Crippen molar-refractivity contribution < 1.29 is 34.3 Å². The average molecular weight is 198 g/mol. The fourth-order valence-corrected chi connectivity index (χ4v) is 0.583. The fraction of sp³-hybridized carbons (Fsp3) is 1.00. The molecule has 0 aromatic heterocycles. The molecule has 0 spiro atoms. The lowest BCUT2D eigenvalue weighted by molar-refractivity contribution is -0.275. The molecule has 0 amide bonds. The Bertz CT molecular complexity index is 205. The van der Waals surface area contributed by atoms with Crippen LogP contribution in [0.5, 0.6) is 0 Å². The largest absolute Gasteiger partial charge is 0.538 e. The number of halogens is 4. The van der Waals surface area contributed by atoms with Gasteiger partial charge in [0.25, 0.3) is 0 Å². The van der Waals surface area contributed by atoms with Crippen molar-refractivity contribution in [1.82, 2.24) is 0 Å². The quantitative estimate of drug-likeness (QED) is 0.626. The van der Waals surface area contributed by atoms with Crippen molar-refractivity contribution in [1.29, 1.82) is 0 Å². The molecule has 0 aromatic rings. The van der Waals surface area contributed by atoms with Gasteiger partial charge in [-0.25, -0.2) is 8.57 Å². The summed E-state index contributed by atoms with van der Waals surface area (Å²) in [4.78, 5) is 0. The molecular formula is C2H2F4O4S. The van der Waals surface area contributed by atoms with E-state index in [4.69, 9.17) is 0 Å². The Hall–Kier alpha value is -0.410. The van der Waals surface area contributed by atoms with Crippen molar-refractivity contribution in [3.05, 3.63) is 0 Å². The summed E-state index contributed by atoms with van der Waals surface area (Å²) in [5.74, 6) is 0. The smallest absolute Gasteiger partial charge is 0.219 e. The summed E-state index contributed by atoms with van der Waals surface area (Å²) in [5.41, 5.74) is 0. The summed E-state index contributed by atoms with van der Waals surface area (Å²) >= 11 is 0. The molecule has 9 heteroatoms. The van der Waals surface area contributed by atoms with E-state index in [1.54, 1.807) is 0 Å². The Kier molecular flexibility index (Phi) is 3.20. The Labute approximate surface area is 59.0 Å². The average Bonchev–Trinajstić information content (AvgIpc) is 1.55. The third-order valence-corrected chi connectivity index (χ3v) is 1.16. The molecule has 0 radical (unpaired) electrons. The fourth-order valence-electron chi connectivity index (χ4n) is 0.194. The zero-order chi connectivity index (χ0) is 9.12. The zero-order valence-electron chi connectivity index (χ0n) is 4.76. The summed E-state index contributed by atoms with van der Waals surface area (Å²) in [6.07, 6.45) is -5.39. The van der Waals surface area contributed by atoms with Gasteiger partial charge in [0, 0.05) is 0 Å². The van der Waals surface area contributed by atoms with Crippen LogP contribution in [0, 0.1) is 0 Å². The van der Waals surface area contributed by atoms with E-state index >= 15 is 0 Å². The first-order chi connectivity index (χ1) is 4.77. The van der Waals surface area contributed by atoms with Crippen LogP contribution in [-0.4, -0.2) is 21.6 Å². The molecule has 0 aliphatic carbocycles. The van der Waals surface area contributed by atoms with Crippen LogP contribution in [0.4, 0.5) is 17.6 Å². The first-order valence-corrected chi connectivity index (χ1v) is 3.33. The van der Waals surface area contributed by atoms with Gasteiger partial charge in [-0.15, -0.1) is 17.4 Å². The second kappa shape index (κ2) is 3.32. The number of alkyl halides is 4. The molecule has 0 aliphatic heterocycles. The van der Waals surface area contributed by atoms with Crippen molar-refractivity contribution in [2.45, 2.75) is 6.36 Å². The van der Waals surface area contributed by atoms with Gasteiger partial charge in [-0.05, 0) is 0 Å². The normalized spacial score (nSPS) is 13.5. The predicted molar refractivity (Wildman–Crippen MR) is 23.1 cm³/mol. The van der Waals surface area contributed by atoms with Crippen molar-refractivity contribution in [3.63, 3.8) is 0 Å². The molecular weight excluding hydrogens is 196 g/mol. The minimum absolute atomic E-state index is 1.90. The molecule has 0 rings (SSSR count). The van der Waals surface area contributed by atoms with Gasteiger partial charge in [-0.2, -0.15) is 8.42 Å². The molecule has 0 saturated carbocycles. The van der Waals surface area contributed by atoms with E-state index in [9.17, 15) is 26.0 Å². The van der Waals surface area contributed by atoms with E-state index in [0.29, 0.717) is 0 Å². The molecule has 0 fully saturated rings. The summed E-state index contributed by atoms with van der Waals surface area (Å²) in [6.45, 7) is -1.90. The highest BCUT2D eigenvalue weighted by atomic mass is 32.3. The Morgan fingerprint density at radius 2 is 1.73 bits per heavy atom. The monoisotopic (exact) mass is 198 g/mol. The molecule has 0 saturated heterocycles. The van der Waals surface area contributed by atoms with Gasteiger partial charge in [0.15, 0.2) is 0 Å². The molecule has 0 N–H and O–H groups in total. The second-order valence-electron chi connectivity index (χ2n) is 1.16. The Morgan fingerprint density at radius 1 is 1.27 bits per heavy atom. The topological polar surface area (TPSA) is 52.6 Å². The van der Waals surface area contributed by atoms with Gasteiger partial charge >= 0.3 is 16.8 Å². The molecule has 0 aliphatic rings. The van der Waals surface area contributed by atoms with E-state index in [1.165, 1.54) is 0 Å². The molecule has 0 atom stereocenters. The third-order valence-electron chi connectivity index (χ3n) is 0.385. The van der Waals surface area contributed by atoms with E-state index in [0.717, 1.165) is 0 Å². The first kappa shape index (κ1) is 10.6. The lowest BCUT2D eigenvalue weighted by Gasteiger charge is -2.04. The molecule has 0 aromatic carbocycles. The Morgan fingerprint density at radius 3 is 2.00 bits per heavy atom. The number of rotatable bonds is 3. The van der Waals surface area contributed by atoms with Crippen molar-refractivity contribution in [3.8, 4) is 0 Å². The molecule has 0 unspecified atom stereocenters. The van der Waals surface area contributed by atoms with E-state index < -0.39 is 23.6 Å². The SMILES string of the molecule is O=S(=O)(OCF)OC(F)(F)F. The molecule has 11 heavy (non-hydrogen) atoms. The van der Waals surface area contributed by atoms with Gasteiger partial charge < -0.3 is 0 Å². The standard InChI is InChI=1S/C2H2F4O4S/c3-1-9-11(7,8)10-2(4,5)6/h1H2. The maximum Gasteiger partial charge on any atom is 0.538 e. The Balaban J connectivity index is 4.15. The maximum absolute atomic E-state index is 11.1. The highest BCUT2D eigenvalue weighted by Crippen LogP contribution is 2.19. The molecule has 4 nitrogen and oxygen atoms in total. The summed E-state index contributed by atoms with van der Waals surface area (Å²) in [6, 6.07) is 0. The molecule has 0 bridgehead atoms. The molecule has 0 heterocycles. The van der Waals surface area contributed by atoms with Crippen LogP contribution in [0.2, 0.25) is 0 Å². The van der Waals surface area contributed by atoms with Gasteiger partial charge in [0.05, 0.1) is 0 Å². The van der Waals surface area contributed by atoms with Gasteiger partial charge in [0.1, 0.15) is 0 Å². The highest BCUT2D eigenvalue weighted by Gasteiger charge is 2.37. The van der Waals surface area contributed by atoms with Gasteiger partial charge in [0.2, 0.25) is 6.86 Å². The van der Waals surface area contributed by atoms with Crippen LogP contribution in [0.3, 0.4) is 0 Å².